The van der Waals surface area contributed by atoms with Gasteiger partial charge in [-0.25, -0.2) is 0 Å². The average Bonchev–Trinajstić information content (AvgIpc) is 2.95. The molecular formula is C20H23N3O. The summed E-state index contributed by atoms with van der Waals surface area (Å²) in [5.41, 5.74) is 4.39. The van der Waals surface area contributed by atoms with Crippen molar-refractivity contribution in [3.8, 4) is 0 Å². The molecule has 0 aliphatic rings. The fourth-order valence-corrected chi connectivity index (χ4v) is 2.77. The highest BCUT2D eigenvalue weighted by Gasteiger charge is 2.07. The van der Waals surface area contributed by atoms with Crippen LogP contribution in [0.3, 0.4) is 0 Å². The van der Waals surface area contributed by atoms with Crippen molar-refractivity contribution in [3.05, 3.63) is 59.8 Å². The number of carbonyl (C=O) groups is 1. The Kier molecular flexibility index (Phi) is 4.65. The van der Waals surface area contributed by atoms with Gasteiger partial charge in [0, 0.05) is 17.5 Å². The van der Waals surface area contributed by atoms with Crippen molar-refractivity contribution in [3.63, 3.8) is 0 Å². The van der Waals surface area contributed by atoms with Crippen molar-refractivity contribution in [1.82, 2.24) is 9.78 Å². The summed E-state index contributed by atoms with van der Waals surface area (Å²) < 4.78 is 1.89. The molecule has 0 unspecified atom stereocenters. The first-order valence-electron chi connectivity index (χ1n) is 8.35. The molecule has 4 nitrogen and oxygen atoms in total. The summed E-state index contributed by atoms with van der Waals surface area (Å²) >= 11 is 0. The minimum Gasteiger partial charge on any atom is -0.326 e. The zero-order chi connectivity index (χ0) is 17.1. The number of benzene rings is 2. The number of aryl methyl sites for hydroxylation is 2. The van der Waals surface area contributed by atoms with Crippen LogP contribution in [-0.2, 0) is 11.3 Å². The van der Waals surface area contributed by atoms with Crippen LogP contribution >= 0.6 is 0 Å². The van der Waals surface area contributed by atoms with Crippen LogP contribution in [0.4, 0.5) is 5.69 Å². The van der Waals surface area contributed by atoms with Crippen LogP contribution in [0.25, 0.3) is 10.9 Å². The number of anilines is 1. The van der Waals surface area contributed by atoms with Gasteiger partial charge in [-0.2, -0.15) is 5.10 Å². The zero-order valence-corrected chi connectivity index (χ0v) is 14.4. The van der Waals surface area contributed by atoms with Gasteiger partial charge in [0.2, 0.25) is 5.91 Å². The van der Waals surface area contributed by atoms with Gasteiger partial charge >= 0.3 is 0 Å². The van der Waals surface area contributed by atoms with E-state index in [1.807, 2.05) is 23.0 Å². The molecule has 2 aromatic carbocycles. The fourth-order valence-electron chi connectivity index (χ4n) is 2.77. The minimum absolute atomic E-state index is 0.00283. The van der Waals surface area contributed by atoms with E-state index in [2.05, 4.69) is 61.5 Å². The molecule has 1 N–H and O–H groups in total. The number of carbonyl (C=O) groups excluding carboxylic acids is 1. The molecule has 0 aliphatic carbocycles. The molecule has 0 aliphatic heterocycles. The van der Waals surface area contributed by atoms with E-state index in [1.165, 1.54) is 11.1 Å². The van der Waals surface area contributed by atoms with Crippen molar-refractivity contribution in [2.24, 2.45) is 0 Å². The molecule has 0 saturated carbocycles. The van der Waals surface area contributed by atoms with E-state index in [4.69, 9.17) is 0 Å². The molecule has 4 heteroatoms. The number of aromatic nitrogens is 2. The quantitative estimate of drug-likeness (QED) is 0.752. The summed E-state index contributed by atoms with van der Waals surface area (Å²) in [4.78, 5) is 12.2. The van der Waals surface area contributed by atoms with Crippen LogP contribution in [0, 0.1) is 6.92 Å². The Bertz CT molecular complexity index is 847. The lowest BCUT2D eigenvalue weighted by molar-refractivity contribution is -0.116. The van der Waals surface area contributed by atoms with E-state index in [9.17, 15) is 4.79 Å². The van der Waals surface area contributed by atoms with E-state index < -0.39 is 0 Å². The molecule has 24 heavy (non-hydrogen) atoms. The highest BCUT2D eigenvalue weighted by atomic mass is 16.1. The van der Waals surface area contributed by atoms with E-state index in [0.29, 0.717) is 18.9 Å². The van der Waals surface area contributed by atoms with Gasteiger partial charge in [0.15, 0.2) is 0 Å². The molecular weight excluding hydrogens is 298 g/mol. The number of nitrogens with one attached hydrogen (secondary N) is 1. The summed E-state index contributed by atoms with van der Waals surface area (Å²) in [7, 11) is 0. The van der Waals surface area contributed by atoms with Gasteiger partial charge in [0.25, 0.3) is 0 Å². The molecule has 0 fully saturated rings. The first kappa shape index (κ1) is 16.2. The smallest absolute Gasteiger partial charge is 0.226 e. The third-order valence-corrected chi connectivity index (χ3v) is 4.21. The Hall–Kier alpha value is -2.62. The molecule has 124 valence electrons. The van der Waals surface area contributed by atoms with Crippen LogP contribution in [-0.4, -0.2) is 15.7 Å². The lowest BCUT2D eigenvalue weighted by Crippen LogP contribution is -2.15. The minimum atomic E-state index is 0.00283. The average molecular weight is 321 g/mol. The largest absolute Gasteiger partial charge is 0.326 e. The second-order valence-corrected chi connectivity index (χ2v) is 6.50. The van der Waals surface area contributed by atoms with E-state index >= 15 is 0 Å². The predicted octanol–water partition coefficient (Wildman–Crippen LogP) is 4.50. The lowest BCUT2D eigenvalue weighted by atomic mass is 10.0. The second kappa shape index (κ2) is 6.87. The molecule has 3 rings (SSSR count). The van der Waals surface area contributed by atoms with Gasteiger partial charge in [-0.15, -0.1) is 0 Å². The third kappa shape index (κ3) is 3.65. The number of fused-ring (bicyclic) bond motifs is 1. The maximum Gasteiger partial charge on any atom is 0.226 e. The molecule has 1 amide bonds. The molecule has 0 radical (unpaired) electrons. The number of hydrogen-bond acceptors (Lipinski definition) is 2. The topological polar surface area (TPSA) is 46.9 Å². The Morgan fingerprint density at radius 1 is 1.17 bits per heavy atom. The van der Waals surface area contributed by atoms with Gasteiger partial charge in [-0.3, -0.25) is 9.48 Å². The highest BCUT2D eigenvalue weighted by Crippen LogP contribution is 2.18. The van der Waals surface area contributed by atoms with Crippen LogP contribution in [0.15, 0.2) is 48.7 Å². The Morgan fingerprint density at radius 2 is 1.92 bits per heavy atom. The zero-order valence-electron chi connectivity index (χ0n) is 14.4. The maximum atomic E-state index is 12.2. The van der Waals surface area contributed by atoms with Crippen LogP contribution in [0.5, 0.6) is 0 Å². The van der Waals surface area contributed by atoms with Gasteiger partial charge in [0.05, 0.1) is 18.3 Å². The maximum absolute atomic E-state index is 12.2. The number of amides is 1. The van der Waals surface area contributed by atoms with Crippen molar-refractivity contribution in [1.29, 1.82) is 0 Å². The van der Waals surface area contributed by atoms with E-state index in [0.717, 1.165) is 16.6 Å². The first-order chi connectivity index (χ1) is 11.5. The number of rotatable bonds is 5. The van der Waals surface area contributed by atoms with Crippen molar-refractivity contribution >= 4 is 22.5 Å². The van der Waals surface area contributed by atoms with Crippen LogP contribution in [0.1, 0.15) is 37.3 Å². The summed E-state index contributed by atoms with van der Waals surface area (Å²) in [6.07, 6.45) is 2.25. The lowest BCUT2D eigenvalue weighted by Gasteiger charge is -2.09. The molecule has 1 aromatic heterocycles. The standard InChI is InChI=1S/C20H23N3O/c1-14(2)16-5-7-18(8-6-16)22-20(24)10-11-23-19-9-4-15(3)12-17(19)13-21-23/h4-9,12-14H,10-11H2,1-3H3,(H,22,24). The molecule has 0 spiro atoms. The molecule has 3 aromatic rings. The number of nitrogens with zero attached hydrogens (tertiary/aromatic N) is 2. The number of hydrogen-bond donors (Lipinski definition) is 1. The SMILES string of the molecule is Cc1ccc2c(cnn2CCC(=O)Nc2ccc(C(C)C)cc2)c1. The summed E-state index contributed by atoms with van der Waals surface area (Å²) in [6.45, 7) is 6.95. The molecule has 0 bridgehead atoms. The van der Waals surface area contributed by atoms with Crippen molar-refractivity contribution in [2.75, 3.05) is 5.32 Å². The molecule has 0 atom stereocenters. The Balaban J connectivity index is 1.60. The summed E-state index contributed by atoms with van der Waals surface area (Å²) in [6, 6.07) is 14.3. The van der Waals surface area contributed by atoms with Crippen molar-refractivity contribution < 1.29 is 4.79 Å². The second-order valence-electron chi connectivity index (χ2n) is 6.50. The summed E-state index contributed by atoms with van der Waals surface area (Å²) in [5, 5.41) is 8.44. The Morgan fingerprint density at radius 3 is 2.62 bits per heavy atom. The van der Waals surface area contributed by atoms with Crippen LogP contribution in [0.2, 0.25) is 0 Å². The van der Waals surface area contributed by atoms with Gasteiger partial charge in [-0.1, -0.05) is 37.6 Å². The fraction of sp³-hybridized carbons (Fsp3) is 0.300. The molecule has 1 heterocycles. The molecule has 0 saturated heterocycles. The van der Waals surface area contributed by atoms with E-state index in [1.54, 1.807) is 0 Å². The van der Waals surface area contributed by atoms with Crippen LogP contribution < -0.4 is 5.32 Å². The van der Waals surface area contributed by atoms with Gasteiger partial charge in [0.1, 0.15) is 0 Å². The van der Waals surface area contributed by atoms with Gasteiger partial charge in [-0.05, 0) is 42.7 Å². The van der Waals surface area contributed by atoms with Crippen molar-refractivity contribution in [2.45, 2.75) is 39.7 Å². The third-order valence-electron chi connectivity index (χ3n) is 4.21. The summed E-state index contributed by atoms with van der Waals surface area (Å²) in [5.74, 6) is 0.495. The predicted molar refractivity (Wildman–Crippen MR) is 98.2 cm³/mol. The monoisotopic (exact) mass is 321 g/mol. The highest BCUT2D eigenvalue weighted by molar-refractivity contribution is 5.90. The van der Waals surface area contributed by atoms with Gasteiger partial charge < -0.3 is 5.32 Å². The van der Waals surface area contributed by atoms with E-state index in [-0.39, 0.29) is 5.91 Å². The Labute approximate surface area is 142 Å². The normalized spacial score (nSPS) is 11.2. The first-order valence-corrected chi connectivity index (χ1v) is 8.35.